The zero-order valence-corrected chi connectivity index (χ0v) is 14.0. The summed E-state index contributed by atoms with van der Waals surface area (Å²) in [7, 11) is 1.31. The molecule has 26 heavy (non-hydrogen) atoms. The highest BCUT2D eigenvalue weighted by molar-refractivity contribution is 5.95. The second kappa shape index (κ2) is 8.24. The number of nitro benzene ring substituents is 1. The summed E-state index contributed by atoms with van der Waals surface area (Å²) in [5.41, 5.74) is -1.15. The average Bonchev–Trinajstić information content (AvgIpc) is 2.62. The Morgan fingerprint density at radius 3 is 2.58 bits per heavy atom. The van der Waals surface area contributed by atoms with Gasteiger partial charge in [-0.15, -0.1) is 0 Å². The van der Waals surface area contributed by atoms with Crippen LogP contribution in [0.25, 0.3) is 0 Å². The Kier molecular flexibility index (Phi) is 6.05. The Bertz CT molecular complexity index is 840. The number of carbonyl (C=O) groups is 1. The topological polar surface area (TPSA) is 87.9 Å². The van der Waals surface area contributed by atoms with Crippen molar-refractivity contribution in [1.82, 2.24) is 0 Å². The zero-order chi connectivity index (χ0) is 19.3. The fourth-order valence-electron chi connectivity index (χ4n) is 2.17. The van der Waals surface area contributed by atoms with Crippen LogP contribution in [-0.2, 0) is 11.3 Å². The lowest BCUT2D eigenvalue weighted by molar-refractivity contribution is -0.385. The van der Waals surface area contributed by atoms with E-state index in [0.29, 0.717) is 0 Å². The van der Waals surface area contributed by atoms with Crippen LogP contribution in [0.5, 0.6) is 11.5 Å². The number of halogens is 2. The van der Waals surface area contributed by atoms with Crippen LogP contribution in [0.4, 0.5) is 14.5 Å². The van der Waals surface area contributed by atoms with Gasteiger partial charge in [0.05, 0.1) is 24.7 Å². The third-order valence-corrected chi connectivity index (χ3v) is 3.39. The number of hydrogen-bond acceptors (Lipinski definition) is 6. The fraction of sp³-hybridized carbons (Fsp3) is 0.235. The van der Waals surface area contributed by atoms with E-state index in [2.05, 4.69) is 0 Å². The van der Waals surface area contributed by atoms with E-state index in [1.54, 1.807) is 6.92 Å². The minimum absolute atomic E-state index is 0.0921. The Balaban J connectivity index is 2.32. The number of hydrogen-bond donors (Lipinski definition) is 0. The van der Waals surface area contributed by atoms with Gasteiger partial charge < -0.3 is 14.2 Å². The lowest BCUT2D eigenvalue weighted by Gasteiger charge is -2.12. The van der Waals surface area contributed by atoms with E-state index < -0.39 is 40.4 Å². The summed E-state index contributed by atoms with van der Waals surface area (Å²) >= 11 is 0. The van der Waals surface area contributed by atoms with Crippen molar-refractivity contribution in [3.8, 4) is 11.5 Å². The monoisotopic (exact) mass is 367 g/mol. The Morgan fingerprint density at radius 1 is 1.23 bits per heavy atom. The Hall–Kier alpha value is -3.23. The SMILES string of the molecule is CCOc1cc([N+](=O)[O-])c(C(=O)OCc2cccc(F)c2F)cc1OC. The molecule has 2 rings (SSSR count). The van der Waals surface area contributed by atoms with Crippen LogP contribution in [0, 0.1) is 21.7 Å². The molecule has 9 heteroatoms. The van der Waals surface area contributed by atoms with Crippen LogP contribution in [0.15, 0.2) is 30.3 Å². The molecule has 0 aliphatic carbocycles. The van der Waals surface area contributed by atoms with E-state index in [1.807, 2.05) is 0 Å². The number of methoxy groups -OCH3 is 1. The molecule has 0 bridgehead atoms. The maximum atomic E-state index is 13.6. The first-order valence-corrected chi connectivity index (χ1v) is 7.48. The van der Waals surface area contributed by atoms with E-state index in [4.69, 9.17) is 14.2 Å². The predicted molar refractivity (Wildman–Crippen MR) is 86.3 cm³/mol. The molecular formula is C17H15F2NO6. The second-order valence-corrected chi connectivity index (χ2v) is 5.00. The van der Waals surface area contributed by atoms with Crippen LogP contribution in [0.2, 0.25) is 0 Å². The maximum absolute atomic E-state index is 13.6. The molecule has 2 aromatic carbocycles. The Labute approximate surface area is 147 Å². The summed E-state index contributed by atoms with van der Waals surface area (Å²) in [6.45, 7) is 1.33. The molecule has 0 amide bonds. The van der Waals surface area contributed by atoms with E-state index >= 15 is 0 Å². The van der Waals surface area contributed by atoms with Gasteiger partial charge in [0.1, 0.15) is 12.2 Å². The van der Waals surface area contributed by atoms with E-state index in [0.717, 1.165) is 18.2 Å². The second-order valence-electron chi connectivity index (χ2n) is 5.00. The third kappa shape index (κ3) is 4.05. The fourth-order valence-corrected chi connectivity index (χ4v) is 2.17. The normalized spacial score (nSPS) is 10.3. The van der Waals surface area contributed by atoms with Crippen molar-refractivity contribution in [2.75, 3.05) is 13.7 Å². The summed E-state index contributed by atoms with van der Waals surface area (Å²) < 4.78 is 42.0. The number of rotatable bonds is 7. The molecule has 0 saturated heterocycles. The van der Waals surface area contributed by atoms with Gasteiger partial charge in [-0.05, 0) is 13.0 Å². The minimum Gasteiger partial charge on any atom is -0.493 e. The quantitative estimate of drug-likeness (QED) is 0.422. The standard InChI is InChI=1S/C17H15F2NO6/c1-3-25-15-8-13(20(22)23)11(7-14(15)24-2)17(21)26-9-10-5-4-6-12(18)16(10)19/h4-8H,3,9H2,1-2H3. The summed E-state index contributed by atoms with van der Waals surface area (Å²) in [5.74, 6) is -3.14. The molecule has 0 aliphatic heterocycles. The molecule has 0 heterocycles. The number of nitrogens with zero attached hydrogens (tertiary/aromatic N) is 1. The van der Waals surface area contributed by atoms with E-state index in [1.165, 1.54) is 19.2 Å². The molecular weight excluding hydrogens is 352 g/mol. The number of benzene rings is 2. The van der Waals surface area contributed by atoms with Crippen LogP contribution < -0.4 is 9.47 Å². The highest BCUT2D eigenvalue weighted by Crippen LogP contribution is 2.35. The van der Waals surface area contributed by atoms with Crippen molar-refractivity contribution in [3.05, 3.63) is 63.2 Å². The van der Waals surface area contributed by atoms with Gasteiger partial charge >= 0.3 is 5.97 Å². The third-order valence-electron chi connectivity index (χ3n) is 3.39. The van der Waals surface area contributed by atoms with Gasteiger partial charge in [-0.3, -0.25) is 10.1 Å². The van der Waals surface area contributed by atoms with Crippen molar-refractivity contribution < 1.29 is 32.7 Å². The molecule has 138 valence electrons. The molecule has 0 aliphatic rings. The first-order chi connectivity index (χ1) is 12.4. The molecule has 2 aromatic rings. The number of nitro groups is 1. The largest absolute Gasteiger partial charge is 0.493 e. The number of ether oxygens (including phenoxy) is 3. The van der Waals surface area contributed by atoms with Crippen molar-refractivity contribution in [3.63, 3.8) is 0 Å². The molecule has 7 nitrogen and oxygen atoms in total. The highest BCUT2D eigenvalue weighted by atomic mass is 19.2. The van der Waals surface area contributed by atoms with Gasteiger partial charge in [0.15, 0.2) is 23.1 Å². The highest BCUT2D eigenvalue weighted by Gasteiger charge is 2.26. The van der Waals surface area contributed by atoms with Crippen molar-refractivity contribution in [2.45, 2.75) is 13.5 Å². The predicted octanol–water partition coefficient (Wildman–Crippen LogP) is 3.64. The van der Waals surface area contributed by atoms with Gasteiger partial charge in [0.2, 0.25) is 0 Å². The summed E-state index contributed by atoms with van der Waals surface area (Å²) in [5, 5.41) is 11.2. The smallest absolute Gasteiger partial charge is 0.345 e. The molecule has 0 fully saturated rings. The van der Waals surface area contributed by atoms with Gasteiger partial charge in [0, 0.05) is 11.6 Å². The molecule has 0 unspecified atom stereocenters. The van der Waals surface area contributed by atoms with E-state index in [9.17, 15) is 23.7 Å². The molecule has 0 spiro atoms. The summed E-state index contributed by atoms with van der Waals surface area (Å²) in [6, 6.07) is 5.56. The van der Waals surface area contributed by atoms with Crippen molar-refractivity contribution in [2.24, 2.45) is 0 Å². The van der Waals surface area contributed by atoms with Gasteiger partial charge in [0.25, 0.3) is 5.69 Å². The molecule has 0 atom stereocenters. The molecule has 0 N–H and O–H groups in total. The van der Waals surface area contributed by atoms with Crippen molar-refractivity contribution in [1.29, 1.82) is 0 Å². The van der Waals surface area contributed by atoms with Crippen molar-refractivity contribution >= 4 is 11.7 Å². The van der Waals surface area contributed by atoms with Crippen LogP contribution in [-0.4, -0.2) is 24.6 Å². The summed E-state index contributed by atoms with van der Waals surface area (Å²) in [6.07, 6.45) is 0. The van der Waals surface area contributed by atoms with Gasteiger partial charge in [-0.2, -0.15) is 0 Å². The Morgan fingerprint density at radius 2 is 1.96 bits per heavy atom. The van der Waals surface area contributed by atoms with Gasteiger partial charge in [-0.25, -0.2) is 13.6 Å². The lowest BCUT2D eigenvalue weighted by atomic mass is 10.1. The van der Waals surface area contributed by atoms with Crippen LogP contribution in [0.3, 0.4) is 0 Å². The summed E-state index contributed by atoms with van der Waals surface area (Å²) in [4.78, 5) is 22.7. The minimum atomic E-state index is -1.15. The molecule has 0 saturated carbocycles. The first kappa shape index (κ1) is 19.1. The molecule has 0 radical (unpaired) electrons. The first-order valence-electron chi connectivity index (χ1n) is 7.48. The average molecular weight is 367 g/mol. The lowest BCUT2D eigenvalue weighted by Crippen LogP contribution is -2.10. The van der Waals surface area contributed by atoms with E-state index in [-0.39, 0.29) is 23.7 Å². The van der Waals surface area contributed by atoms with Crippen LogP contribution >= 0.6 is 0 Å². The molecule has 0 aromatic heterocycles. The number of carbonyl (C=O) groups excluding carboxylic acids is 1. The van der Waals surface area contributed by atoms with Gasteiger partial charge in [-0.1, -0.05) is 12.1 Å². The zero-order valence-electron chi connectivity index (χ0n) is 14.0. The number of esters is 1. The maximum Gasteiger partial charge on any atom is 0.345 e. The van der Waals surface area contributed by atoms with Crippen LogP contribution in [0.1, 0.15) is 22.8 Å².